The number of fused-ring (bicyclic) bond motifs is 1. The summed E-state index contributed by atoms with van der Waals surface area (Å²) in [6, 6.07) is 5.89. The van der Waals surface area contributed by atoms with Crippen LogP contribution in [0.3, 0.4) is 0 Å². The lowest BCUT2D eigenvalue weighted by molar-refractivity contribution is -0.0386. The van der Waals surface area contributed by atoms with E-state index in [1.807, 2.05) is 25.1 Å². The largest absolute Gasteiger partial charge is 0.493 e. The molecule has 0 fully saturated rings. The summed E-state index contributed by atoms with van der Waals surface area (Å²) in [6.07, 6.45) is 1.57. The summed E-state index contributed by atoms with van der Waals surface area (Å²) < 4.78 is 10.5. The normalized spacial score (nSPS) is 17.7. The van der Waals surface area contributed by atoms with Gasteiger partial charge in [0, 0.05) is 13.5 Å². The second-order valence-corrected chi connectivity index (χ2v) is 4.24. The molecule has 0 spiro atoms. The van der Waals surface area contributed by atoms with Crippen LogP contribution in [-0.2, 0) is 16.8 Å². The van der Waals surface area contributed by atoms with E-state index in [9.17, 15) is 5.11 Å². The maximum Gasteiger partial charge on any atom is 0.122 e. The van der Waals surface area contributed by atoms with E-state index in [1.54, 1.807) is 7.11 Å². The Morgan fingerprint density at radius 3 is 3.00 bits per heavy atom. The molecular formula is C13H18O3. The molecule has 1 aromatic carbocycles. The van der Waals surface area contributed by atoms with E-state index >= 15 is 0 Å². The van der Waals surface area contributed by atoms with E-state index in [0.29, 0.717) is 13.0 Å². The van der Waals surface area contributed by atoms with E-state index in [1.165, 1.54) is 5.56 Å². The van der Waals surface area contributed by atoms with Crippen LogP contribution in [-0.4, -0.2) is 25.4 Å². The molecule has 0 bridgehead atoms. The zero-order valence-corrected chi connectivity index (χ0v) is 9.82. The molecule has 0 aliphatic carbocycles. The summed E-state index contributed by atoms with van der Waals surface area (Å²) in [6.45, 7) is 3.03. The smallest absolute Gasteiger partial charge is 0.122 e. The minimum Gasteiger partial charge on any atom is -0.493 e. The topological polar surface area (TPSA) is 38.7 Å². The van der Waals surface area contributed by atoms with Crippen LogP contribution in [0.15, 0.2) is 18.2 Å². The van der Waals surface area contributed by atoms with Gasteiger partial charge in [0.05, 0.1) is 13.2 Å². The summed E-state index contributed by atoms with van der Waals surface area (Å²) in [7, 11) is 1.61. The fourth-order valence-corrected chi connectivity index (χ4v) is 2.10. The average Bonchev–Trinajstić information content (AvgIpc) is 2.76. The quantitative estimate of drug-likeness (QED) is 0.845. The van der Waals surface area contributed by atoms with E-state index in [2.05, 4.69) is 0 Å². The zero-order valence-electron chi connectivity index (χ0n) is 9.82. The van der Waals surface area contributed by atoms with Crippen LogP contribution in [0, 0.1) is 0 Å². The Morgan fingerprint density at radius 2 is 2.31 bits per heavy atom. The van der Waals surface area contributed by atoms with Gasteiger partial charge in [0.25, 0.3) is 0 Å². The summed E-state index contributed by atoms with van der Waals surface area (Å²) in [5, 5.41) is 10.5. The van der Waals surface area contributed by atoms with Crippen LogP contribution in [0.2, 0.25) is 0 Å². The maximum atomic E-state index is 10.5. The second-order valence-electron chi connectivity index (χ2n) is 4.24. The standard InChI is InChI=1S/C13H18O3/c1-3-13(14,9-15-2)11-4-5-12-10(8-11)6-7-16-12/h4-5,8,14H,3,6-7,9H2,1-2H3. The predicted octanol–water partition coefficient (Wildman–Crippen LogP) is 1.87. The molecule has 0 saturated carbocycles. The van der Waals surface area contributed by atoms with Crippen molar-refractivity contribution in [1.29, 1.82) is 0 Å². The van der Waals surface area contributed by atoms with Crippen molar-refractivity contribution >= 4 is 0 Å². The van der Waals surface area contributed by atoms with Crippen molar-refractivity contribution in [1.82, 2.24) is 0 Å². The zero-order chi connectivity index (χ0) is 11.6. The van der Waals surface area contributed by atoms with Gasteiger partial charge in [0.2, 0.25) is 0 Å². The monoisotopic (exact) mass is 222 g/mol. The molecular weight excluding hydrogens is 204 g/mol. The van der Waals surface area contributed by atoms with Gasteiger partial charge in [-0.05, 0) is 29.7 Å². The van der Waals surface area contributed by atoms with Gasteiger partial charge in [-0.15, -0.1) is 0 Å². The van der Waals surface area contributed by atoms with Crippen molar-refractivity contribution in [3.05, 3.63) is 29.3 Å². The molecule has 1 aliphatic rings. The molecule has 0 radical (unpaired) electrons. The molecule has 0 amide bonds. The summed E-state index contributed by atoms with van der Waals surface area (Å²) >= 11 is 0. The SMILES string of the molecule is CCC(O)(COC)c1ccc2c(c1)CCO2. The molecule has 1 atom stereocenters. The van der Waals surface area contributed by atoms with Gasteiger partial charge in [-0.2, -0.15) is 0 Å². The van der Waals surface area contributed by atoms with Crippen molar-refractivity contribution < 1.29 is 14.6 Å². The van der Waals surface area contributed by atoms with Gasteiger partial charge >= 0.3 is 0 Å². The van der Waals surface area contributed by atoms with Crippen LogP contribution in [0.25, 0.3) is 0 Å². The fraction of sp³-hybridized carbons (Fsp3) is 0.538. The summed E-state index contributed by atoms with van der Waals surface area (Å²) in [4.78, 5) is 0. The number of rotatable bonds is 4. The highest BCUT2D eigenvalue weighted by atomic mass is 16.5. The summed E-state index contributed by atoms with van der Waals surface area (Å²) in [5.41, 5.74) is 1.22. The highest BCUT2D eigenvalue weighted by Gasteiger charge is 2.28. The van der Waals surface area contributed by atoms with Crippen LogP contribution in [0.1, 0.15) is 24.5 Å². The first-order valence-corrected chi connectivity index (χ1v) is 5.67. The van der Waals surface area contributed by atoms with E-state index < -0.39 is 5.60 Å². The highest BCUT2D eigenvalue weighted by Crippen LogP contribution is 2.32. The van der Waals surface area contributed by atoms with Gasteiger partial charge in [0.15, 0.2) is 0 Å². The number of hydrogen-bond donors (Lipinski definition) is 1. The minimum atomic E-state index is -0.883. The van der Waals surface area contributed by atoms with Crippen LogP contribution >= 0.6 is 0 Å². The number of methoxy groups -OCH3 is 1. The van der Waals surface area contributed by atoms with Crippen molar-refractivity contribution in [3.8, 4) is 5.75 Å². The van der Waals surface area contributed by atoms with Crippen molar-refractivity contribution in [2.24, 2.45) is 0 Å². The molecule has 3 heteroatoms. The Bertz CT molecular complexity index is 375. The predicted molar refractivity (Wildman–Crippen MR) is 61.7 cm³/mol. The van der Waals surface area contributed by atoms with Gasteiger partial charge in [-0.1, -0.05) is 13.0 Å². The molecule has 1 heterocycles. The lowest BCUT2D eigenvalue weighted by Crippen LogP contribution is -2.30. The van der Waals surface area contributed by atoms with Crippen molar-refractivity contribution in [2.45, 2.75) is 25.4 Å². The molecule has 0 saturated heterocycles. The molecule has 0 aromatic heterocycles. The molecule has 88 valence electrons. The average molecular weight is 222 g/mol. The Balaban J connectivity index is 2.32. The van der Waals surface area contributed by atoms with Gasteiger partial charge < -0.3 is 14.6 Å². The van der Waals surface area contributed by atoms with Crippen molar-refractivity contribution in [2.75, 3.05) is 20.3 Å². The Labute approximate surface area is 96.0 Å². The van der Waals surface area contributed by atoms with Crippen LogP contribution in [0.5, 0.6) is 5.75 Å². The van der Waals surface area contributed by atoms with Gasteiger partial charge in [-0.25, -0.2) is 0 Å². The van der Waals surface area contributed by atoms with Gasteiger partial charge in [0.1, 0.15) is 11.4 Å². The fourth-order valence-electron chi connectivity index (χ4n) is 2.10. The Kier molecular flexibility index (Phi) is 3.17. The second kappa shape index (κ2) is 4.44. The lowest BCUT2D eigenvalue weighted by Gasteiger charge is -2.26. The molecule has 2 rings (SSSR count). The highest BCUT2D eigenvalue weighted by molar-refractivity contribution is 5.41. The van der Waals surface area contributed by atoms with Crippen LogP contribution < -0.4 is 4.74 Å². The number of ether oxygens (including phenoxy) is 2. The molecule has 16 heavy (non-hydrogen) atoms. The molecule has 1 aliphatic heterocycles. The Morgan fingerprint density at radius 1 is 1.50 bits per heavy atom. The maximum absolute atomic E-state index is 10.5. The third-order valence-corrected chi connectivity index (χ3v) is 3.19. The molecule has 1 aromatic rings. The van der Waals surface area contributed by atoms with Crippen molar-refractivity contribution in [3.63, 3.8) is 0 Å². The van der Waals surface area contributed by atoms with Gasteiger partial charge in [-0.3, -0.25) is 0 Å². The first-order chi connectivity index (χ1) is 7.69. The first kappa shape index (κ1) is 11.4. The van der Waals surface area contributed by atoms with E-state index in [-0.39, 0.29) is 0 Å². The molecule has 1 N–H and O–H groups in total. The van der Waals surface area contributed by atoms with E-state index in [0.717, 1.165) is 24.3 Å². The number of benzene rings is 1. The van der Waals surface area contributed by atoms with E-state index in [4.69, 9.17) is 9.47 Å². The first-order valence-electron chi connectivity index (χ1n) is 5.67. The Hall–Kier alpha value is -1.06. The number of aliphatic hydroxyl groups is 1. The molecule has 3 nitrogen and oxygen atoms in total. The minimum absolute atomic E-state index is 0.323. The molecule has 1 unspecified atom stereocenters. The van der Waals surface area contributed by atoms with Crippen LogP contribution in [0.4, 0.5) is 0 Å². The third kappa shape index (κ3) is 1.93. The number of hydrogen-bond acceptors (Lipinski definition) is 3. The summed E-state index contributed by atoms with van der Waals surface area (Å²) in [5.74, 6) is 0.944. The lowest BCUT2D eigenvalue weighted by atomic mass is 9.90. The third-order valence-electron chi connectivity index (χ3n) is 3.19.